The Morgan fingerprint density at radius 2 is 2.28 bits per heavy atom. The third kappa shape index (κ3) is 3.31. The van der Waals surface area contributed by atoms with Crippen molar-refractivity contribution in [2.45, 2.75) is 20.0 Å². The van der Waals surface area contributed by atoms with Gasteiger partial charge >= 0.3 is 0 Å². The molecule has 0 aliphatic heterocycles. The van der Waals surface area contributed by atoms with Crippen LogP contribution in [-0.2, 0) is 13.1 Å². The Labute approximate surface area is 119 Å². The van der Waals surface area contributed by atoms with E-state index in [0.29, 0.717) is 11.0 Å². The third-order valence-corrected chi connectivity index (χ3v) is 4.38. The zero-order valence-electron chi connectivity index (χ0n) is 10.1. The second-order valence-corrected chi connectivity index (χ2v) is 5.91. The molecule has 0 aliphatic carbocycles. The van der Waals surface area contributed by atoms with Crippen molar-refractivity contribution in [1.29, 1.82) is 0 Å². The first-order valence-corrected chi connectivity index (χ1v) is 7.44. The molecule has 0 unspecified atom stereocenters. The first kappa shape index (κ1) is 13.5. The number of nitrogens with one attached hydrogen (secondary N) is 1. The Balaban J connectivity index is 1.84. The summed E-state index contributed by atoms with van der Waals surface area (Å²) in [5, 5.41) is 5.46. The summed E-state index contributed by atoms with van der Waals surface area (Å²) in [7, 11) is 0. The highest BCUT2D eigenvalue weighted by Crippen LogP contribution is 2.14. The fourth-order valence-electron chi connectivity index (χ4n) is 1.67. The summed E-state index contributed by atoms with van der Waals surface area (Å²) in [6, 6.07) is 5.76. The number of halogens is 1. The molecule has 1 N–H and O–H groups in total. The summed E-state index contributed by atoms with van der Waals surface area (Å²) < 4.78 is 2.32. The highest BCUT2D eigenvalue weighted by atomic mass is 79.9. The van der Waals surface area contributed by atoms with Crippen LogP contribution in [0.2, 0.25) is 0 Å². The Bertz CT molecular complexity index is 576. The molecule has 0 amide bonds. The van der Waals surface area contributed by atoms with Gasteiger partial charge in [-0.25, -0.2) is 0 Å². The molecule has 2 rings (SSSR count). The van der Waals surface area contributed by atoms with E-state index in [1.54, 1.807) is 22.0 Å². The predicted octanol–water partition coefficient (Wildman–Crippen LogP) is 2.77. The van der Waals surface area contributed by atoms with Crippen LogP contribution in [0.3, 0.4) is 0 Å². The lowest BCUT2D eigenvalue weighted by molar-refractivity contribution is 0.586. The van der Waals surface area contributed by atoms with Crippen LogP contribution in [0.25, 0.3) is 0 Å². The van der Waals surface area contributed by atoms with Gasteiger partial charge in [0.05, 0.1) is 4.47 Å². The maximum Gasteiger partial charge on any atom is 0.264 e. The number of aryl methyl sites for hydroxylation is 1. The Kier molecular flexibility index (Phi) is 4.74. The van der Waals surface area contributed by atoms with Gasteiger partial charge in [0.15, 0.2) is 0 Å². The Hall–Kier alpha value is -0.910. The molecule has 0 aliphatic rings. The molecule has 0 saturated heterocycles. The normalized spacial score (nSPS) is 10.8. The second kappa shape index (κ2) is 6.31. The number of aromatic nitrogens is 1. The van der Waals surface area contributed by atoms with Crippen molar-refractivity contribution >= 4 is 27.3 Å². The van der Waals surface area contributed by atoms with Crippen molar-refractivity contribution in [2.75, 3.05) is 6.54 Å². The minimum Gasteiger partial charge on any atom is -0.313 e. The van der Waals surface area contributed by atoms with Gasteiger partial charge in [0.2, 0.25) is 0 Å². The summed E-state index contributed by atoms with van der Waals surface area (Å²) >= 11 is 5.01. The average molecular weight is 327 g/mol. The van der Waals surface area contributed by atoms with E-state index in [-0.39, 0.29) is 5.56 Å². The molecule has 0 fully saturated rings. The molecule has 0 aromatic carbocycles. The summed E-state index contributed by atoms with van der Waals surface area (Å²) in [6.45, 7) is 4.45. The Morgan fingerprint density at radius 3 is 3.00 bits per heavy atom. The van der Waals surface area contributed by atoms with E-state index < -0.39 is 0 Å². The van der Waals surface area contributed by atoms with Gasteiger partial charge in [-0.15, -0.1) is 11.3 Å². The van der Waals surface area contributed by atoms with Crippen molar-refractivity contribution in [3.63, 3.8) is 0 Å². The average Bonchev–Trinajstić information content (AvgIpc) is 2.76. The van der Waals surface area contributed by atoms with Gasteiger partial charge in [-0.1, -0.05) is 0 Å². The monoisotopic (exact) mass is 326 g/mol. The largest absolute Gasteiger partial charge is 0.313 e. The molecule has 0 spiro atoms. The highest BCUT2D eigenvalue weighted by molar-refractivity contribution is 9.10. The molecule has 0 radical (unpaired) electrons. The summed E-state index contributed by atoms with van der Waals surface area (Å²) in [6.07, 6.45) is 1.81. The molecule has 5 heteroatoms. The lowest BCUT2D eigenvalue weighted by Gasteiger charge is -2.07. The minimum absolute atomic E-state index is 0.0200. The van der Waals surface area contributed by atoms with Gasteiger partial charge in [0, 0.05) is 30.7 Å². The lowest BCUT2D eigenvalue weighted by Crippen LogP contribution is -2.26. The van der Waals surface area contributed by atoms with Crippen LogP contribution >= 0.6 is 27.3 Å². The molecular formula is C13H15BrN2OS. The van der Waals surface area contributed by atoms with Gasteiger partial charge in [0.25, 0.3) is 5.56 Å². The molecule has 18 heavy (non-hydrogen) atoms. The van der Waals surface area contributed by atoms with Crippen molar-refractivity contribution in [2.24, 2.45) is 0 Å². The summed E-state index contributed by atoms with van der Waals surface area (Å²) in [5.41, 5.74) is 1.35. The lowest BCUT2D eigenvalue weighted by atomic mass is 10.3. The highest BCUT2D eigenvalue weighted by Gasteiger charge is 2.01. The first-order chi connectivity index (χ1) is 8.68. The number of hydrogen-bond acceptors (Lipinski definition) is 3. The van der Waals surface area contributed by atoms with E-state index in [2.05, 4.69) is 39.6 Å². The van der Waals surface area contributed by atoms with Crippen LogP contribution in [-0.4, -0.2) is 11.1 Å². The zero-order valence-corrected chi connectivity index (χ0v) is 12.6. The zero-order chi connectivity index (χ0) is 13.0. The van der Waals surface area contributed by atoms with Crippen molar-refractivity contribution in [1.82, 2.24) is 9.88 Å². The topological polar surface area (TPSA) is 34.0 Å². The SMILES string of the molecule is Cc1ccsc1CNCCn1cccc(Br)c1=O. The summed E-state index contributed by atoms with van der Waals surface area (Å²) in [4.78, 5) is 13.1. The molecule has 96 valence electrons. The molecule has 0 saturated carbocycles. The molecule has 2 aromatic rings. The molecule has 2 heterocycles. The maximum absolute atomic E-state index is 11.7. The van der Waals surface area contributed by atoms with E-state index >= 15 is 0 Å². The van der Waals surface area contributed by atoms with E-state index in [9.17, 15) is 4.79 Å². The number of nitrogens with zero attached hydrogens (tertiary/aromatic N) is 1. The van der Waals surface area contributed by atoms with Gasteiger partial charge < -0.3 is 9.88 Å². The van der Waals surface area contributed by atoms with Gasteiger partial charge in [-0.2, -0.15) is 0 Å². The summed E-state index contributed by atoms with van der Waals surface area (Å²) in [5.74, 6) is 0. The van der Waals surface area contributed by atoms with E-state index in [1.807, 2.05) is 12.3 Å². The molecule has 2 aromatic heterocycles. The van der Waals surface area contributed by atoms with Crippen LogP contribution < -0.4 is 10.9 Å². The number of thiophene rings is 1. The van der Waals surface area contributed by atoms with E-state index in [1.165, 1.54) is 10.4 Å². The molecule has 3 nitrogen and oxygen atoms in total. The molecule has 0 bridgehead atoms. The van der Waals surface area contributed by atoms with E-state index in [4.69, 9.17) is 0 Å². The predicted molar refractivity (Wildman–Crippen MR) is 79.2 cm³/mol. The van der Waals surface area contributed by atoms with Crippen LogP contribution in [0.1, 0.15) is 10.4 Å². The van der Waals surface area contributed by atoms with Crippen molar-refractivity contribution in [3.8, 4) is 0 Å². The van der Waals surface area contributed by atoms with Crippen LogP contribution in [0.15, 0.2) is 39.0 Å². The van der Waals surface area contributed by atoms with Gasteiger partial charge in [-0.3, -0.25) is 4.79 Å². The fraction of sp³-hybridized carbons (Fsp3) is 0.308. The van der Waals surface area contributed by atoms with Crippen molar-refractivity contribution < 1.29 is 0 Å². The van der Waals surface area contributed by atoms with Crippen LogP contribution in [0.4, 0.5) is 0 Å². The van der Waals surface area contributed by atoms with Gasteiger partial charge in [-0.05, 0) is 52.0 Å². The first-order valence-electron chi connectivity index (χ1n) is 5.77. The number of rotatable bonds is 5. The Morgan fingerprint density at radius 1 is 1.44 bits per heavy atom. The smallest absolute Gasteiger partial charge is 0.264 e. The quantitative estimate of drug-likeness (QED) is 0.857. The maximum atomic E-state index is 11.7. The third-order valence-electron chi connectivity index (χ3n) is 2.76. The molecular weight excluding hydrogens is 312 g/mol. The van der Waals surface area contributed by atoms with Crippen molar-refractivity contribution in [3.05, 3.63) is 55.0 Å². The number of hydrogen-bond donors (Lipinski definition) is 1. The van der Waals surface area contributed by atoms with Gasteiger partial charge in [0.1, 0.15) is 0 Å². The van der Waals surface area contributed by atoms with E-state index in [0.717, 1.165) is 13.1 Å². The van der Waals surface area contributed by atoms with Crippen LogP contribution in [0.5, 0.6) is 0 Å². The van der Waals surface area contributed by atoms with Crippen LogP contribution in [0, 0.1) is 6.92 Å². The standard InChI is InChI=1S/C13H15BrN2OS/c1-10-4-8-18-12(10)9-15-5-7-16-6-2-3-11(14)13(16)17/h2-4,6,8,15H,5,7,9H2,1H3. The second-order valence-electron chi connectivity index (χ2n) is 4.06. The minimum atomic E-state index is 0.0200. The fourth-order valence-corrected chi connectivity index (χ4v) is 2.93. The number of pyridine rings is 1. The molecule has 0 atom stereocenters.